The third kappa shape index (κ3) is 4.20. The molecule has 0 unspecified atom stereocenters. The SMILES string of the molecule is CCc1nnc(NC(=O)c2cc(S(=O)(=O)N3CCSCC3)ccc2Cl)s1. The summed E-state index contributed by atoms with van der Waals surface area (Å²) in [5.74, 6) is 1.01. The van der Waals surface area contributed by atoms with Gasteiger partial charge in [0.2, 0.25) is 15.2 Å². The summed E-state index contributed by atoms with van der Waals surface area (Å²) in [5, 5.41) is 11.8. The molecule has 0 aliphatic carbocycles. The van der Waals surface area contributed by atoms with Gasteiger partial charge in [0.1, 0.15) is 5.01 Å². The number of benzene rings is 1. The lowest BCUT2D eigenvalue weighted by molar-refractivity contribution is 0.102. The fourth-order valence-electron chi connectivity index (χ4n) is 2.39. The van der Waals surface area contributed by atoms with Crippen LogP contribution in [0, 0.1) is 0 Å². The van der Waals surface area contributed by atoms with Crippen LogP contribution in [0.2, 0.25) is 5.02 Å². The van der Waals surface area contributed by atoms with Crippen molar-refractivity contribution in [3.63, 3.8) is 0 Å². The van der Waals surface area contributed by atoms with Crippen LogP contribution in [0.25, 0.3) is 0 Å². The first-order valence-corrected chi connectivity index (χ1v) is 11.7. The molecule has 0 radical (unpaired) electrons. The first kappa shape index (κ1) is 19.6. The minimum Gasteiger partial charge on any atom is -0.296 e. The summed E-state index contributed by atoms with van der Waals surface area (Å²) < 4.78 is 27.0. The van der Waals surface area contributed by atoms with Gasteiger partial charge in [-0.1, -0.05) is 29.9 Å². The zero-order chi connectivity index (χ0) is 18.7. The number of aromatic nitrogens is 2. The van der Waals surface area contributed by atoms with Gasteiger partial charge in [-0.2, -0.15) is 16.1 Å². The van der Waals surface area contributed by atoms with Gasteiger partial charge in [-0.3, -0.25) is 10.1 Å². The van der Waals surface area contributed by atoms with Crippen LogP contribution in [0.5, 0.6) is 0 Å². The fourth-order valence-corrected chi connectivity index (χ4v) is 5.87. The monoisotopic (exact) mass is 432 g/mol. The van der Waals surface area contributed by atoms with Crippen molar-refractivity contribution in [3.8, 4) is 0 Å². The molecule has 140 valence electrons. The Morgan fingerprint density at radius 1 is 1.31 bits per heavy atom. The minimum atomic E-state index is -3.65. The first-order chi connectivity index (χ1) is 12.4. The number of nitrogens with zero attached hydrogens (tertiary/aromatic N) is 3. The maximum atomic E-state index is 12.8. The van der Waals surface area contributed by atoms with Crippen molar-refractivity contribution in [2.24, 2.45) is 0 Å². The molecule has 2 aromatic rings. The van der Waals surface area contributed by atoms with E-state index in [1.54, 1.807) is 11.8 Å². The molecular weight excluding hydrogens is 416 g/mol. The van der Waals surface area contributed by atoms with E-state index in [1.807, 2.05) is 6.92 Å². The lowest BCUT2D eigenvalue weighted by Gasteiger charge is -2.25. The van der Waals surface area contributed by atoms with E-state index in [-0.39, 0.29) is 15.5 Å². The number of halogens is 1. The molecule has 0 spiro atoms. The van der Waals surface area contributed by atoms with Gasteiger partial charge in [-0.15, -0.1) is 10.2 Å². The third-order valence-corrected chi connectivity index (χ3v) is 7.93. The smallest absolute Gasteiger partial charge is 0.259 e. The third-order valence-electron chi connectivity index (χ3n) is 3.78. The molecule has 2 heterocycles. The summed E-state index contributed by atoms with van der Waals surface area (Å²) >= 11 is 9.11. The fraction of sp³-hybridized carbons (Fsp3) is 0.400. The molecule has 1 fully saturated rings. The average molecular weight is 433 g/mol. The van der Waals surface area contributed by atoms with Crippen molar-refractivity contribution >= 4 is 55.8 Å². The highest BCUT2D eigenvalue weighted by Crippen LogP contribution is 2.26. The maximum Gasteiger partial charge on any atom is 0.259 e. The van der Waals surface area contributed by atoms with Gasteiger partial charge in [-0.25, -0.2) is 8.42 Å². The molecule has 26 heavy (non-hydrogen) atoms. The lowest BCUT2D eigenvalue weighted by atomic mass is 10.2. The number of nitrogens with one attached hydrogen (secondary N) is 1. The summed E-state index contributed by atoms with van der Waals surface area (Å²) in [6.07, 6.45) is 0.718. The predicted octanol–water partition coefficient (Wildman–Crippen LogP) is 2.74. The molecule has 7 nitrogen and oxygen atoms in total. The minimum absolute atomic E-state index is 0.0606. The van der Waals surface area contributed by atoms with Crippen molar-refractivity contribution in [3.05, 3.63) is 33.8 Å². The molecule has 0 saturated carbocycles. The number of carbonyl (C=O) groups is 1. The highest BCUT2D eigenvalue weighted by atomic mass is 35.5. The summed E-state index contributed by atoms with van der Waals surface area (Å²) in [4.78, 5) is 12.6. The highest BCUT2D eigenvalue weighted by Gasteiger charge is 2.27. The van der Waals surface area contributed by atoms with E-state index in [0.717, 1.165) is 22.9 Å². The Morgan fingerprint density at radius 2 is 2.04 bits per heavy atom. The molecule has 0 atom stereocenters. The van der Waals surface area contributed by atoms with Crippen molar-refractivity contribution in [2.45, 2.75) is 18.2 Å². The van der Waals surface area contributed by atoms with E-state index in [4.69, 9.17) is 11.6 Å². The molecule has 1 N–H and O–H groups in total. The molecule has 1 aliphatic heterocycles. The predicted molar refractivity (Wildman–Crippen MR) is 105 cm³/mol. The summed E-state index contributed by atoms with van der Waals surface area (Å²) in [5.41, 5.74) is 0.0902. The van der Waals surface area contributed by atoms with Crippen LogP contribution >= 0.6 is 34.7 Å². The van der Waals surface area contributed by atoms with Gasteiger partial charge in [0.25, 0.3) is 5.91 Å². The lowest BCUT2D eigenvalue weighted by Crippen LogP contribution is -2.37. The topological polar surface area (TPSA) is 92.3 Å². The Balaban J connectivity index is 1.86. The Labute approximate surface area is 165 Å². The van der Waals surface area contributed by atoms with E-state index in [1.165, 1.54) is 33.8 Å². The highest BCUT2D eigenvalue weighted by molar-refractivity contribution is 7.99. The van der Waals surface area contributed by atoms with Crippen molar-refractivity contribution in [2.75, 3.05) is 29.9 Å². The van der Waals surface area contributed by atoms with Gasteiger partial charge in [0.15, 0.2) is 0 Å². The number of anilines is 1. The van der Waals surface area contributed by atoms with E-state index in [2.05, 4.69) is 15.5 Å². The van der Waals surface area contributed by atoms with E-state index in [9.17, 15) is 13.2 Å². The molecule has 0 bridgehead atoms. The Morgan fingerprint density at radius 3 is 2.69 bits per heavy atom. The van der Waals surface area contributed by atoms with E-state index < -0.39 is 15.9 Å². The summed E-state index contributed by atoms with van der Waals surface area (Å²) in [7, 11) is -3.65. The van der Waals surface area contributed by atoms with Gasteiger partial charge in [-0.05, 0) is 24.6 Å². The van der Waals surface area contributed by atoms with Crippen LogP contribution in [0.1, 0.15) is 22.3 Å². The second-order valence-corrected chi connectivity index (χ2v) is 10.1. The number of aryl methyl sites for hydroxylation is 1. The van der Waals surface area contributed by atoms with Crippen LogP contribution in [0.15, 0.2) is 23.1 Å². The number of sulfonamides is 1. The molecule has 1 aromatic heterocycles. The molecule has 3 rings (SSSR count). The van der Waals surface area contributed by atoms with Gasteiger partial charge in [0.05, 0.1) is 15.5 Å². The molecule has 1 aliphatic rings. The normalized spacial score (nSPS) is 15.8. The average Bonchev–Trinajstić information content (AvgIpc) is 3.10. The van der Waals surface area contributed by atoms with Crippen LogP contribution in [0.4, 0.5) is 5.13 Å². The number of rotatable bonds is 5. The molecular formula is C15H17ClN4O3S3. The van der Waals surface area contributed by atoms with Gasteiger partial charge >= 0.3 is 0 Å². The van der Waals surface area contributed by atoms with Crippen LogP contribution < -0.4 is 5.32 Å². The van der Waals surface area contributed by atoms with Crippen LogP contribution in [-0.2, 0) is 16.4 Å². The zero-order valence-corrected chi connectivity index (χ0v) is 17.1. The number of hydrogen-bond acceptors (Lipinski definition) is 7. The second kappa shape index (κ2) is 8.22. The molecule has 1 saturated heterocycles. The molecule has 1 aromatic carbocycles. The number of carbonyl (C=O) groups excluding carboxylic acids is 1. The van der Waals surface area contributed by atoms with Gasteiger partial charge < -0.3 is 0 Å². The summed E-state index contributed by atoms with van der Waals surface area (Å²) in [6, 6.07) is 4.17. The Bertz CT molecular complexity index is 911. The van der Waals surface area contributed by atoms with E-state index >= 15 is 0 Å². The summed E-state index contributed by atoms with van der Waals surface area (Å²) in [6.45, 7) is 2.86. The number of amides is 1. The van der Waals surface area contributed by atoms with Crippen molar-refractivity contribution < 1.29 is 13.2 Å². The second-order valence-electron chi connectivity index (χ2n) is 5.47. The number of thioether (sulfide) groups is 1. The van der Waals surface area contributed by atoms with Crippen LogP contribution in [0.3, 0.4) is 0 Å². The Hall–Kier alpha value is -1.20. The van der Waals surface area contributed by atoms with Crippen molar-refractivity contribution in [1.82, 2.24) is 14.5 Å². The van der Waals surface area contributed by atoms with E-state index in [0.29, 0.717) is 18.2 Å². The quantitative estimate of drug-likeness (QED) is 0.780. The Kier molecular flexibility index (Phi) is 6.18. The maximum absolute atomic E-state index is 12.8. The standard InChI is InChI=1S/C15H17ClN4O3S3/c1-2-13-18-19-15(25-13)17-14(21)11-9-10(3-4-12(11)16)26(22,23)20-5-7-24-8-6-20/h3-4,9H,2,5-8H2,1H3,(H,17,19,21). The van der Waals surface area contributed by atoms with Crippen molar-refractivity contribution in [1.29, 1.82) is 0 Å². The molecule has 11 heteroatoms. The zero-order valence-electron chi connectivity index (χ0n) is 13.9. The first-order valence-electron chi connectivity index (χ1n) is 7.93. The van der Waals surface area contributed by atoms with Crippen LogP contribution in [-0.4, -0.2) is 53.4 Å². The number of hydrogen-bond donors (Lipinski definition) is 1. The molecule has 1 amide bonds. The largest absolute Gasteiger partial charge is 0.296 e. The van der Waals surface area contributed by atoms with Gasteiger partial charge in [0, 0.05) is 24.6 Å².